The van der Waals surface area contributed by atoms with Gasteiger partial charge in [-0.05, 0) is 47.9 Å². The molecule has 0 radical (unpaired) electrons. The number of carbonyl (C=O) groups is 1. The van der Waals surface area contributed by atoms with Gasteiger partial charge in [-0.1, -0.05) is 41.4 Å². The second-order valence-electron chi connectivity index (χ2n) is 5.53. The third-order valence-corrected chi connectivity index (χ3v) is 4.13. The van der Waals surface area contributed by atoms with E-state index in [4.69, 9.17) is 32.7 Å². The quantitative estimate of drug-likeness (QED) is 0.507. The fraction of sp³-hybridized carbons (Fsp3) is 0.250. The predicted molar refractivity (Wildman–Crippen MR) is 106 cm³/mol. The van der Waals surface area contributed by atoms with Crippen LogP contribution >= 0.6 is 23.2 Å². The van der Waals surface area contributed by atoms with Crippen molar-refractivity contribution in [2.24, 2.45) is 0 Å². The first-order chi connectivity index (χ1) is 12.6. The molecule has 4 nitrogen and oxygen atoms in total. The number of benzene rings is 2. The van der Waals surface area contributed by atoms with Crippen molar-refractivity contribution in [1.82, 2.24) is 5.32 Å². The number of amides is 1. The van der Waals surface area contributed by atoms with Crippen LogP contribution in [0.3, 0.4) is 0 Å². The van der Waals surface area contributed by atoms with Crippen molar-refractivity contribution >= 4 is 35.2 Å². The normalized spacial score (nSPS) is 10.9. The molecular formula is C20H21Cl2NO3. The molecule has 0 heterocycles. The maximum absolute atomic E-state index is 11.9. The number of carbonyl (C=O) groups excluding carboxylic acids is 1. The molecule has 26 heavy (non-hydrogen) atoms. The minimum atomic E-state index is -0.171. The first kappa shape index (κ1) is 20.3. The number of hydrogen-bond donors (Lipinski definition) is 1. The molecule has 0 saturated heterocycles. The van der Waals surface area contributed by atoms with Crippen molar-refractivity contribution in [3.05, 3.63) is 69.7 Å². The fourth-order valence-electron chi connectivity index (χ4n) is 2.19. The molecule has 0 aliphatic heterocycles. The van der Waals surface area contributed by atoms with E-state index >= 15 is 0 Å². The van der Waals surface area contributed by atoms with Gasteiger partial charge in [0.05, 0.1) is 6.61 Å². The Hall–Kier alpha value is -2.01. The van der Waals surface area contributed by atoms with E-state index in [1.165, 1.54) is 6.08 Å². The van der Waals surface area contributed by atoms with Crippen LogP contribution in [0.5, 0.6) is 5.75 Å². The van der Waals surface area contributed by atoms with Crippen LogP contribution in [0.2, 0.25) is 10.0 Å². The lowest BCUT2D eigenvalue weighted by molar-refractivity contribution is -0.116. The van der Waals surface area contributed by atoms with Crippen LogP contribution in [-0.4, -0.2) is 32.8 Å². The van der Waals surface area contributed by atoms with Gasteiger partial charge in [-0.25, -0.2) is 0 Å². The number of hydrogen-bond acceptors (Lipinski definition) is 3. The largest absolute Gasteiger partial charge is 0.491 e. The summed E-state index contributed by atoms with van der Waals surface area (Å²) in [5.74, 6) is 0.633. The maximum atomic E-state index is 11.9. The minimum Gasteiger partial charge on any atom is -0.491 e. The Morgan fingerprint density at radius 1 is 1.12 bits per heavy atom. The van der Waals surface area contributed by atoms with Crippen LogP contribution in [-0.2, 0) is 16.0 Å². The molecule has 0 aliphatic rings. The zero-order valence-corrected chi connectivity index (χ0v) is 16.0. The second kappa shape index (κ2) is 10.9. The summed E-state index contributed by atoms with van der Waals surface area (Å²) in [5.41, 5.74) is 1.87. The summed E-state index contributed by atoms with van der Waals surface area (Å²) >= 11 is 11.9. The molecule has 138 valence electrons. The maximum Gasteiger partial charge on any atom is 0.244 e. The topological polar surface area (TPSA) is 47.6 Å². The lowest BCUT2D eigenvalue weighted by Crippen LogP contribution is -2.23. The molecule has 0 fully saturated rings. The summed E-state index contributed by atoms with van der Waals surface area (Å²) in [6.45, 7) is 1.62. The van der Waals surface area contributed by atoms with Gasteiger partial charge < -0.3 is 14.8 Å². The average molecular weight is 394 g/mol. The van der Waals surface area contributed by atoms with Crippen molar-refractivity contribution < 1.29 is 14.3 Å². The smallest absolute Gasteiger partial charge is 0.244 e. The molecule has 0 spiro atoms. The standard InChI is InChI=1S/C20H21Cl2NO3/c1-25-12-13-26-18-7-2-15(3-8-18)10-11-23-20(24)9-5-16-4-6-17(21)14-19(16)22/h2-9,14H,10-13H2,1H3,(H,23,24). The highest BCUT2D eigenvalue weighted by Crippen LogP contribution is 2.21. The second-order valence-corrected chi connectivity index (χ2v) is 6.37. The van der Waals surface area contributed by atoms with Gasteiger partial charge in [-0.15, -0.1) is 0 Å². The molecule has 0 bridgehead atoms. The van der Waals surface area contributed by atoms with Gasteiger partial charge in [-0.3, -0.25) is 4.79 Å². The molecule has 2 aromatic carbocycles. The van der Waals surface area contributed by atoms with Crippen molar-refractivity contribution in [3.63, 3.8) is 0 Å². The summed E-state index contributed by atoms with van der Waals surface area (Å²) in [4.78, 5) is 11.9. The van der Waals surface area contributed by atoms with Gasteiger partial charge in [0.1, 0.15) is 12.4 Å². The summed E-state index contributed by atoms with van der Waals surface area (Å²) in [5, 5.41) is 3.92. The van der Waals surface area contributed by atoms with Gasteiger partial charge in [-0.2, -0.15) is 0 Å². The molecule has 6 heteroatoms. The van der Waals surface area contributed by atoms with Crippen molar-refractivity contribution in [1.29, 1.82) is 0 Å². The number of halogens is 2. The third-order valence-electron chi connectivity index (χ3n) is 3.57. The number of methoxy groups -OCH3 is 1. The molecule has 0 aliphatic carbocycles. The highest BCUT2D eigenvalue weighted by Gasteiger charge is 2.01. The number of ether oxygens (including phenoxy) is 2. The van der Waals surface area contributed by atoms with E-state index in [1.807, 2.05) is 24.3 Å². The van der Waals surface area contributed by atoms with Gasteiger partial charge in [0, 0.05) is 29.8 Å². The summed E-state index contributed by atoms with van der Waals surface area (Å²) in [6.07, 6.45) is 3.86. The van der Waals surface area contributed by atoms with Crippen LogP contribution in [0, 0.1) is 0 Å². The molecule has 1 N–H and O–H groups in total. The van der Waals surface area contributed by atoms with Gasteiger partial charge in [0.25, 0.3) is 0 Å². The Morgan fingerprint density at radius 2 is 1.88 bits per heavy atom. The van der Waals surface area contributed by atoms with E-state index < -0.39 is 0 Å². The Kier molecular flexibility index (Phi) is 8.48. The third kappa shape index (κ3) is 7.08. The Labute approximate surface area is 163 Å². The summed E-state index contributed by atoms with van der Waals surface area (Å²) in [7, 11) is 1.64. The molecule has 2 aromatic rings. The molecule has 0 aromatic heterocycles. The molecule has 0 saturated carbocycles. The first-order valence-corrected chi connectivity index (χ1v) is 8.95. The van der Waals surface area contributed by atoms with E-state index in [-0.39, 0.29) is 5.91 Å². The fourth-order valence-corrected chi connectivity index (χ4v) is 2.66. The summed E-state index contributed by atoms with van der Waals surface area (Å²) < 4.78 is 10.5. The minimum absolute atomic E-state index is 0.171. The number of nitrogens with one attached hydrogen (secondary N) is 1. The Balaban J connectivity index is 1.74. The van der Waals surface area contributed by atoms with Crippen LogP contribution < -0.4 is 10.1 Å². The van der Waals surface area contributed by atoms with Gasteiger partial charge >= 0.3 is 0 Å². The zero-order valence-electron chi connectivity index (χ0n) is 14.5. The average Bonchev–Trinajstić information content (AvgIpc) is 2.62. The first-order valence-electron chi connectivity index (χ1n) is 8.20. The molecule has 2 rings (SSSR count). The lowest BCUT2D eigenvalue weighted by Gasteiger charge is -2.07. The van der Waals surface area contributed by atoms with E-state index in [0.29, 0.717) is 29.8 Å². The Bertz CT molecular complexity index is 745. The van der Waals surface area contributed by atoms with E-state index in [0.717, 1.165) is 23.3 Å². The van der Waals surface area contributed by atoms with E-state index in [1.54, 1.807) is 31.4 Å². The van der Waals surface area contributed by atoms with Crippen molar-refractivity contribution in [3.8, 4) is 5.75 Å². The molecule has 0 atom stereocenters. The highest BCUT2D eigenvalue weighted by atomic mass is 35.5. The van der Waals surface area contributed by atoms with E-state index in [9.17, 15) is 4.79 Å². The van der Waals surface area contributed by atoms with Crippen molar-refractivity contribution in [2.75, 3.05) is 26.9 Å². The highest BCUT2D eigenvalue weighted by molar-refractivity contribution is 6.35. The monoisotopic (exact) mass is 393 g/mol. The van der Waals surface area contributed by atoms with Crippen LogP contribution in [0.1, 0.15) is 11.1 Å². The van der Waals surface area contributed by atoms with Crippen LogP contribution in [0.4, 0.5) is 0 Å². The predicted octanol–water partition coefficient (Wildman–Crippen LogP) is 4.39. The van der Waals surface area contributed by atoms with Gasteiger partial charge in [0.15, 0.2) is 0 Å². The van der Waals surface area contributed by atoms with Gasteiger partial charge in [0.2, 0.25) is 5.91 Å². The molecule has 0 unspecified atom stereocenters. The van der Waals surface area contributed by atoms with Crippen molar-refractivity contribution in [2.45, 2.75) is 6.42 Å². The lowest BCUT2D eigenvalue weighted by atomic mass is 10.1. The molecule has 1 amide bonds. The Morgan fingerprint density at radius 3 is 2.58 bits per heavy atom. The zero-order chi connectivity index (χ0) is 18.8. The van der Waals surface area contributed by atoms with Crippen LogP contribution in [0.25, 0.3) is 6.08 Å². The SMILES string of the molecule is COCCOc1ccc(CCNC(=O)C=Cc2ccc(Cl)cc2Cl)cc1. The molecular weight excluding hydrogens is 373 g/mol. The summed E-state index contributed by atoms with van der Waals surface area (Å²) in [6, 6.07) is 12.9. The number of rotatable bonds is 9. The van der Waals surface area contributed by atoms with E-state index in [2.05, 4.69) is 5.32 Å². The van der Waals surface area contributed by atoms with Crippen LogP contribution in [0.15, 0.2) is 48.5 Å².